The molecule has 100 valence electrons. The highest BCUT2D eigenvalue weighted by molar-refractivity contribution is 6.35. The maximum absolute atomic E-state index is 11.8. The molecule has 1 aliphatic heterocycles. The van der Waals surface area contributed by atoms with Crippen molar-refractivity contribution in [3.05, 3.63) is 38.7 Å². The predicted octanol–water partition coefficient (Wildman–Crippen LogP) is 4.09. The number of halogens is 2. The van der Waals surface area contributed by atoms with Crippen molar-refractivity contribution in [3.8, 4) is 0 Å². The van der Waals surface area contributed by atoms with Crippen LogP contribution in [0.1, 0.15) is 19.3 Å². The van der Waals surface area contributed by atoms with Crippen molar-refractivity contribution in [1.82, 2.24) is 0 Å². The Morgan fingerprint density at radius 1 is 1.11 bits per heavy atom. The summed E-state index contributed by atoms with van der Waals surface area (Å²) in [5, 5.41) is 1.56. The lowest BCUT2D eigenvalue weighted by Gasteiger charge is -2.30. The fourth-order valence-electron chi connectivity index (χ4n) is 2.56. The van der Waals surface area contributed by atoms with Gasteiger partial charge in [-0.3, -0.25) is 0 Å². The van der Waals surface area contributed by atoms with Gasteiger partial charge in [0.2, 0.25) is 0 Å². The third-order valence-electron chi connectivity index (χ3n) is 3.46. The molecule has 5 heteroatoms. The van der Waals surface area contributed by atoms with Gasteiger partial charge >= 0.3 is 5.63 Å². The third kappa shape index (κ3) is 2.33. The molecule has 0 aliphatic carbocycles. The van der Waals surface area contributed by atoms with Gasteiger partial charge in [-0.1, -0.05) is 23.2 Å². The predicted molar refractivity (Wildman–Crippen MR) is 78.6 cm³/mol. The van der Waals surface area contributed by atoms with Crippen LogP contribution in [0.2, 0.25) is 10.0 Å². The summed E-state index contributed by atoms with van der Waals surface area (Å²) in [5.41, 5.74) is 0.798. The minimum Gasteiger partial charge on any atom is -0.422 e. The smallest absolute Gasteiger partial charge is 0.357 e. The Hall–Kier alpha value is -1.19. The average molecular weight is 298 g/mol. The van der Waals surface area contributed by atoms with Crippen LogP contribution in [0.4, 0.5) is 5.69 Å². The SMILES string of the molecule is O=c1oc2ccc(Cl)cc2c(N2CCCCC2)c1Cl. The Morgan fingerprint density at radius 3 is 2.58 bits per heavy atom. The summed E-state index contributed by atoms with van der Waals surface area (Å²) >= 11 is 12.2. The minimum atomic E-state index is -0.489. The van der Waals surface area contributed by atoms with Crippen LogP contribution in [-0.2, 0) is 0 Å². The topological polar surface area (TPSA) is 33.5 Å². The standard InChI is InChI=1S/C14H13Cl2NO2/c15-9-4-5-11-10(8-9)13(12(16)14(18)19-11)17-6-2-1-3-7-17/h4-5,8H,1-3,6-7H2. The van der Waals surface area contributed by atoms with Gasteiger partial charge in [-0.05, 0) is 37.5 Å². The summed E-state index contributed by atoms with van der Waals surface area (Å²) in [5.74, 6) is 0. The van der Waals surface area contributed by atoms with E-state index in [4.69, 9.17) is 27.6 Å². The van der Waals surface area contributed by atoms with Gasteiger partial charge in [0.1, 0.15) is 10.6 Å². The van der Waals surface area contributed by atoms with E-state index in [0.717, 1.165) is 37.0 Å². The molecule has 0 unspecified atom stereocenters. The van der Waals surface area contributed by atoms with Crippen LogP contribution in [0.3, 0.4) is 0 Å². The molecule has 0 saturated carbocycles. The van der Waals surface area contributed by atoms with E-state index < -0.39 is 5.63 Å². The van der Waals surface area contributed by atoms with Crippen molar-refractivity contribution >= 4 is 39.9 Å². The van der Waals surface area contributed by atoms with Gasteiger partial charge in [-0.25, -0.2) is 4.79 Å². The quantitative estimate of drug-likeness (QED) is 0.743. The van der Waals surface area contributed by atoms with E-state index in [9.17, 15) is 4.79 Å². The van der Waals surface area contributed by atoms with Crippen LogP contribution in [0, 0.1) is 0 Å². The van der Waals surface area contributed by atoms with E-state index in [1.807, 2.05) is 0 Å². The van der Waals surface area contributed by atoms with Crippen molar-refractivity contribution < 1.29 is 4.42 Å². The zero-order chi connectivity index (χ0) is 13.4. The van der Waals surface area contributed by atoms with E-state index in [1.165, 1.54) is 6.42 Å². The molecule has 3 nitrogen and oxygen atoms in total. The van der Waals surface area contributed by atoms with Crippen LogP contribution in [0.5, 0.6) is 0 Å². The Labute approximate surface area is 120 Å². The number of hydrogen-bond acceptors (Lipinski definition) is 3. The van der Waals surface area contributed by atoms with Crippen LogP contribution in [-0.4, -0.2) is 13.1 Å². The molecule has 1 aliphatic rings. The third-order valence-corrected chi connectivity index (χ3v) is 4.03. The van der Waals surface area contributed by atoms with E-state index in [-0.39, 0.29) is 5.02 Å². The van der Waals surface area contributed by atoms with Gasteiger partial charge in [-0.15, -0.1) is 0 Å². The summed E-state index contributed by atoms with van der Waals surface area (Å²) in [7, 11) is 0. The summed E-state index contributed by atoms with van der Waals surface area (Å²) in [6.45, 7) is 1.82. The maximum Gasteiger partial charge on any atom is 0.357 e. The van der Waals surface area contributed by atoms with E-state index in [2.05, 4.69) is 4.90 Å². The first-order valence-electron chi connectivity index (χ1n) is 6.33. The Kier molecular flexibility index (Phi) is 3.42. The average Bonchev–Trinajstić information content (AvgIpc) is 2.42. The van der Waals surface area contributed by atoms with E-state index in [0.29, 0.717) is 10.6 Å². The monoisotopic (exact) mass is 297 g/mol. The van der Waals surface area contributed by atoms with Crippen LogP contribution in [0.25, 0.3) is 11.0 Å². The molecule has 1 fully saturated rings. The molecule has 0 radical (unpaired) electrons. The lowest BCUT2D eigenvalue weighted by molar-refractivity contribution is 0.553. The summed E-state index contributed by atoms with van der Waals surface area (Å²) in [6.07, 6.45) is 3.44. The minimum absolute atomic E-state index is 0.150. The number of benzene rings is 1. The molecular formula is C14H13Cl2NO2. The molecule has 0 N–H and O–H groups in total. The molecule has 0 amide bonds. The van der Waals surface area contributed by atoms with E-state index in [1.54, 1.807) is 18.2 Å². The second-order valence-electron chi connectivity index (χ2n) is 4.74. The molecule has 0 spiro atoms. The Bertz CT molecular complexity index is 675. The highest BCUT2D eigenvalue weighted by Gasteiger charge is 2.20. The highest BCUT2D eigenvalue weighted by Crippen LogP contribution is 2.34. The van der Waals surface area contributed by atoms with Gasteiger partial charge in [0.25, 0.3) is 0 Å². The molecule has 1 aromatic heterocycles. The molecule has 1 aromatic carbocycles. The maximum atomic E-state index is 11.8. The van der Waals surface area contributed by atoms with Crippen molar-refractivity contribution in [2.75, 3.05) is 18.0 Å². The molecule has 1 saturated heterocycles. The fraction of sp³-hybridized carbons (Fsp3) is 0.357. The van der Waals surface area contributed by atoms with Crippen molar-refractivity contribution in [3.63, 3.8) is 0 Å². The first-order valence-corrected chi connectivity index (χ1v) is 7.09. The number of piperidine rings is 1. The number of rotatable bonds is 1. The molecule has 19 heavy (non-hydrogen) atoms. The number of anilines is 1. The van der Waals surface area contributed by atoms with Crippen molar-refractivity contribution in [1.29, 1.82) is 0 Å². The van der Waals surface area contributed by atoms with Gasteiger partial charge < -0.3 is 9.32 Å². The summed E-state index contributed by atoms with van der Waals surface area (Å²) in [6, 6.07) is 5.22. The first-order chi connectivity index (χ1) is 9.16. The second kappa shape index (κ2) is 5.06. The molecule has 2 aromatic rings. The molecule has 0 bridgehead atoms. The fourth-order valence-corrected chi connectivity index (χ4v) is 2.99. The lowest BCUT2D eigenvalue weighted by atomic mass is 10.1. The molecular weight excluding hydrogens is 285 g/mol. The van der Waals surface area contributed by atoms with Gasteiger partial charge in [0.05, 0.1) is 5.69 Å². The normalized spacial score (nSPS) is 16.0. The molecule has 0 atom stereocenters. The van der Waals surface area contributed by atoms with Crippen molar-refractivity contribution in [2.45, 2.75) is 19.3 Å². The Balaban J connectivity index is 2.27. The lowest BCUT2D eigenvalue weighted by Crippen LogP contribution is -2.30. The van der Waals surface area contributed by atoms with Gasteiger partial charge in [0, 0.05) is 23.5 Å². The largest absolute Gasteiger partial charge is 0.422 e. The van der Waals surface area contributed by atoms with Gasteiger partial charge in [0.15, 0.2) is 0 Å². The first kappa shape index (κ1) is 12.8. The van der Waals surface area contributed by atoms with E-state index >= 15 is 0 Å². The number of nitrogens with zero attached hydrogens (tertiary/aromatic N) is 1. The second-order valence-corrected chi connectivity index (χ2v) is 5.55. The molecule has 3 rings (SSSR count). The summed E-state index contributed by atoms with van der Waals surface area (Å²) in [4.78, 5) is 14.0. The van der Waals surface area contributed by atoms with Crippen LogP contribution >= 0.6 is 23.2 Å². The molecule has 2 heterocycles. The zero-order valence-electron chi connectivity index (χ0n) is 10.3. The zero-order valence-corrected chi connectivity index (χ0v) is 11.8. The summed E-state index contributed by atoms with van der Waals surface area (Å²) < 4.78 is 5.21. The highest BCUT2D eigenvalue weighted by atomic mass is 35.5. The van der Waals surface area contributed by atoms with Gasteiger partial charge in [-0.2, -0.15) is 0 Å². The van der Waals surface area contributed by atoms with Crippen LogP contribution < -0.4 is 10.5 Å². The van der Waals surface area contributed by atoms with Crippen molar-refractivity contribution in [2.24, 2.45) is 0 Å². The Morgan fingerprint density at radius 2 is 1.84 bits per heavy atom. The number of hydrogen-bond donors (Lipinski definition) is 0. The van der Waals surface area contributed by atoms with Crippen LogP contribution in [0.15, 0.2) is 27.4 Å². The number of fused-ring (bicyclic) bond motifs is 1.